The fraction of sp³-hybridized carbons (Fsp3) is 0.391. The van der Waals surface area contributed by atoms with Gasteiger partial charge in [-0.25, -0.2) is 14.6 Å². The van der Waals surface area contributed by atoms with Crippen molar-refractivity contribution < 1.29 is 23.8 Å². The highest BCUT2D eigenvalue weighted by Crippen LogP contribution is 2.38. The molecule has 0 bridgehead atoms. The monoisotopic (exact) mass is 564 g/mol. The van der Waals surface area contributed by atoms with Crippen LogP contribution in [0.4, 0.5) is 4.79 Å². The van der Waals surface area contributed by atoms with Gasteiger partial charge in [-0.15, -0.1) is 32.9 Å². The molecule has 4 heterocycles. The Morgan fingerprint density at radius 1 is 1.22 bits per heavy atom. The number of H-pyrrole nitrogens is 1. The van der Waals surface area contributed by atoms with Crippen LogP contribution in [0.3, 0.4) is 0 Å². The number of nitrogens with one attached hydrogen (secondary N) is 1. The number of thiophene rings is 2. The molecule has 0 aliphatic carbocycles. The first kappa shape index (κ1) is 26.8. The number of nitrogens with zero attached hydrogens (tertiary/aromatic N) is 5. The van der Waals surface area contributed by atoms with Crippen LogP contribution < -0.4 is 0 Å². The molecule has 14 heteroatoms. The van der Waals surface area contributed by atoms with Gasteiger partial charge in [0.25, 0.3) is 0 Å². The second kappa shape index (κ2) is 12.3. The van der Waals surface area contributed by atoms with Crippen molar-refractivity contribution in [1.82, 2.24) is 30.2 Å². The fourth-order valence-electron chi connectivity index (χ4n) is 3.57. The number of imidazole rings is 1. The summed E-state index contributed by atoms with van der Waals surface area (Å²) in [4.78, 5) is 32.0. The van der Waals surface area contributed by atoms with Crippen molar-refractivity contribution in [3.05, 3.63) is 45.1 Å². The van der Waals surface area contributed by atoms with E-state index in [2.05, 4.69) is 32.5 Å². The molecule has 4 rings (SSSR count). The summed E-state index contributed by atoms with van der Waals surface area (Å²) in [6.45, 7) is 5.65. The highest BCUT2D eigenvalue weighted by Gasteiger charge is 2.26. The first-order valence-electron chi connectivity index (χ1n) is 11.6. The molecule has 0 fully saturated rings. The largest absolute Gasteiger partial charge is 0.511 e. The molecule has 0 saturated carbocycles. The zero-order valence-electron chi connectivity index (χ0n) is 20.4. The highest BCUT2D eigenvalue weighted by atomic mass is 35.5. The van der Waals surface area contributed by atoms with Crippen LogP contribution in [0.5, 0.6) is 0 Å². The molecule has 0 aromatic carbocycles. The molecule has 0 aliphatic rings. The summed E-state index contributed by atoms with van der Waals surface area (Å²) >= 11 is 9.52. The van der Waals surface area contributed by atoms with Crippen LogP contribution in [0, 0.1) is 0 Å². The van der Waals surface area contributed by atoms with Crippen LogP contribution in [0.1, 0.15) is 54.8 Å². The number of aromatic amines is 1. The van der Waals surface area contributed by atoms with Gasteiger partial charge in [0.2, 0.25) is 12.1 Å². The summed E-state index contributed by atoms with van der Waals surface area (Å²) in [5.74, 6) is 0.467. The lowest BCUT2D eigenvalue weighted by molar-refractivity contribution is -0.0815. The quantitative estimate of drug-likeness (QED) is 0.183. The van der Waals surface area contributed by atoms with Gasteiger partial charge in [0.1, 0.15) is 5.82 Å². The number of aromatic nitrogens is 6. The maximum absolute atomic E-state index is 13.1. The normalized spacial score (nSPS) is 11.9. The first-order chi connectivity index (χ1) is 17.9. The Bertz CT molecular complexity index is 1350. The SMILES string of the molecule is CCCCc1nc(Cl)c(C(=O)OC(C)OC(=O)OCC)n1Cc1ccc(-c2ccsc2-c2nn[nH]n2)s1. The minimum Gasteiger partial charge on any atom is -0.435 e. The average molecular weight is 565 g/mol. The molecule has 37 heavy (non-hydrogen) atoms. The summed E-state index contributed by atoms with van der Waals surface area (Å²) in [5.41, 5.74) is 1.10. The van der Waals surface area contributed by atoms with Crippen molar-refractivity contribution >= 4 is 46.4 Å². The molecule has 0 aliphatic heterocycles. The number of esters is 1. The lowest BCUT2D eigenvalue weighted by atomic mass is 10.2. The lowest BCUT2D eigenvalue weighted by Crippen LogP contribution is -2.24. The third-order valence-electron chi connectivity index (χ3n) is 5.20. The number of ether oxygens (including phenoxy) is 3. The zero-order chi connectivity index (χ0) is 26.4. The maximum atomic E-state index is 13.1. The molecule has 1 N–H and O–H groups in total. The number of aryl methyl sites for hydroxylation is 1. The fourth-order valence-corrected chi connectivity index (χ4v) is 5.78. The van der Waals surface area contributed by atoms with E-state index in [-0.39, 0.29) is 17.5 Å². The van der Waals surface area contributed by atoms with E-state index in [4.69, 9.17) is 25.8 Å². The second-order valence-electron chi connectivity index (χ2n) is 7.80. The number of tetrazole rings is 1. The van der Waals surface area contributed by atoms with Gasteiger partial charge in [0.05, 0.1) is 18.0 Å². The predicted molar refractivity (Wildman–Crippen MR) is 139 cm³/mol. The number of carbonyl (C=O) groups excluding carboxylic acids is 2. The number of unbranched alkanes of at least 4 members (excludes halogenated alkanes) is 1. The molecular formula is C23H25ClN6O5S2. The number of carbonyl (C=O) groups is 2. The van der Waals surface area contributed by atoms with E-state index in [1.807, 2.05) is 23.6 Å². The summed E-state index contributed by atoms with van der Waals surface area (Å²) in [6, 6.07) is 6.03. The minimum absolute atomic E-state index is 0.0356. The predicted octanol–water partition coefficient (Wildman–Crippen LogP) is 5.57. The van der Waals surface area contributed by atoms with Crippen LogP contribution in [-0.2, 0) is 27.2 Å². The topological polar surface area (TPSA) is 134 Å². The molecule has 4 aromatic heterocycles. The van der Waals surface area contributed by atoms with E-state index in [1.165, 1.54) is 18.3 Å². The molecular weight excluding hydrogens is 540 g/mol. The highest BCUT2D eigenvalue weighted by molar-refractivity contribution is 7.17. The van der Waals surface area contributed by atoms with E-state index in [9.17, 15) is 9.59 Å². The molecule has 0 amide bonds. The van der Waals surface area contributed by atoms with Crippen LogP contribution in [0.15, 0.2) is 23.6 Å². The Balaban J connectivity index is 1.59. The summed E-state index contributed by atoms with van der Waals surface area (Å²) in [7, 11) is 0. The molecule has 0 spiro atoms. The maximum Gasteiger partial charge on any atom is 0.511 e. The van der Waals surface area contributed by atoms with Gasteiger partial charge >= 0.3 is 12.1 Å². The molecule has 4 aromatic rings. The number of hydrogen-bond acceptors (Lipinski definition) is 11. The van der Waals surface area contributed by atoms with Gasteiger partial charge in [0.15, 0.2) is 10.8 Å². The Hall–Kier alpha value is -3.29. The average Bonchev–Trinajstić information content (AvgIpc) is 3.64. The third kappa shape index (κ3) is 6.35. The van der Waals surface area contributed by atoms with Crippen molar-refractivity contribution in [2.75, 3.05) is 6.61 Å². The third-order valence-corrected chi connectivity index (χ3v) is 7.48. The van der Waals surface area contributed by atoms with Crippen LogP contribution in [-0.4, -0.2) is 55.2 Å². The minimum atomic E-state index is -1.17. The Labute approximate surface area is 225 Å². The van der Waals surface area contributed by atoms with Gasteiger partial charge in [0, 0.05) is 28.7 Å². The van der Waals surface area contributed by atoms with E-state index >= 15 is 0 Å². The van der Waals surface area contributed by atoms with E-state index < -0.39 is 18.4 Å². The van der Waals surface area contributed by atoms with Crippen LogP contribution >= 0.6 is 34.3 Å². The standard InChI is InChI=1S/C23H25ClN6O5S2/c1-4-6-7-17-25-20(24)18(22(31)34-13(3)35-23(32)33-5-2)30(17)12-14-8-9-16(37-14)15-10-11-36-19(15)21-26-28-29-27-21/h8-11,13H,4-7,12H2,1-3H3,(H,26,27,28,29). The summed E-state index contributed by atoms with van der Waals surface area (Å²) in [5, 5.41) is 16.3. The molecule has 11 nitrogen and oxygen atoms in total. The van der Waals surface area contributed by atoms with Gasteiger partial charge in [-0.3, -0.25) is 0 Å². The molecule has 0 saturated heterocycles. The van der Waals surface area contributed by atoms with Gasteiger partial charge < -0.3 is 18.8 Å². The second-order valence-corrected chi connectivity index (χ2v) is 10.2. The van der Waals surface area contributed by atoms with E-state index in [0.717, 1.165) is 33.0 Å². The Morgan fingerprint density at radius 3 is 2.78 bits per heavy atom. The summed E-state index contributed by atoms with van der Waals surface area (Å²) in [6.07, 6.45) is 0.382. The van der Waals surface area contributed by atoms with Gasteiger partial charge in [-0.05, 0) is 42.1 Å². The molecule has 0 radical (unpaired) electrons. The number of rotatable bonds is 11. The van der Waals surface area contributed by atoms with E-state index in [0.29, 0.717) is 24.6 Å². The Kier molecular flexibility index (Phi) is 8.90. The smallest absolute Gasteiger partial charge is 0.435 e. The lowest BCUT2D eigenvalue weighted by Gasteiger charge is -2.15. The van der Waals surface area contributed by atoms with Crippen LogP contribution in [0.25, 0.3) is 21.1 Å². The van der Waals surface area contributed by atoms with Crippen molar-refractivity contribution in [3.8, 4) is 21.1 Å². The van der Waals surface area contributed by atoms with Crippen molar-refractivity contribution in [1.29, 1.82) is 0 Å². The Morgan fingerprint density at radius 2 is 2.05 bits per heavy atom. The van der Waals surface area contributed by atoms with Gasteiger partial charge in [-0.1, -0.05) is 24.9 Å². The van der Waals surface area contributed by atoms with Crippen molar-refractivity contribution in [2.45, 2.75) is 52.9 Å². The van der Waals surface area contributed by atoms with Crippen LogP contribution in [0.2, 0.25) is 5.15 Å². The first-order valence-corrected chi connectivity index (χ1v) is 13.7. The molecule has 1 unspecified atom stereocenters. The molecule has 196 valence electrons. The summed E-state index contributed by atoms with van der Waals surface area (Å²) < 4.78 is 16.8. The number of hydrogen-bond donors (Lipinski definition) is 1. The van der Waals surface area contributed by atoms with Gasteiger partial charge in [-0.2, -0.15) is 5.21 Å². The molecule has 1 atom stereocenters. The zero-order valence-corrected chi connectivity index (χ0v) is 22.8. The van der Waals surface area contributed by atoms with Crippen molar-refractivity contribution in [2.24, 2.45) is 0 Å². The number of halogens is 1. The van der Waals surface area contributed by atoms with Crippen molar-refractivity contribution in [3.63, 3.8) is 0 Å². The van der Waals surface area contributed by atoms with E-state index in [1.54, 1.807) is 22.8 Å².